The monoisotopic (exact) mass is 463 g/mol. The van der Waals surface area contributed by atoms with E-state index in [2.05, 4.69) is 15.8 Å². The van der Waals surface area contributed by atoms with Crippen LogP contribution in [0.1, 0.15) is 50.6 Å². The molecule has 4 rings (SSSR count). The maximum Gasteiger partial charge on any atom is 0.291 e. The van der Waals surface area contributed by atoms with Crippen LogP contribution in [0.4, 0.5) is 5.69 Å². The Balaban J connectivity index is 1.59. The van der Waals surface area contributed by atoms with Gasteiger partial charge in [0.25, 0.3) is 11.8 Å². The molecule has 0 spiro atoms. The van der Waals surface area contributed by atoms with Crippen molar-refractivity contribution in [2.24, 2.45) is 5.10 Å². The van der Waals surface area contributed by atoms with E-state index in [1.807, 2.05) is 0 Å². The quantitative estimate of drug-likeness (QED) is 0.475. The molecule has 9 nitrogen and oxygen atoms in total. The first-order chi connectivity index (χ1) is 16.4. The van der Waals surface area contributed by atoms with Crippen molar-refractivity contribution in [2.45, 2.75) is 26.2 Å². The number of carbonyl (C=O) groups is 2. The lowest BCUT2D eigenvalue weighted by atomic mass is 9.93. The van der Waals surface area contributed by atoms with Crippen LogP contribution >= 0.6 is 0 Å². The summed E-state index contributed by atoms with van der Waals surface area (Å²) in [6.45, 7) is 1.78. The van der Waals surface area contributed by atoms with Crippen LogP contribution in [-0.4, -0.2) is 36.9 Å². The predicted octanol–water partition coefficient (Wildman–Crippen LogP) is 4.03. The minimum Gasteiger partial charge on any atom is -0.507 e. The second kappa shape index (κ2) is 9.70. The van der Waals surface area contributed by atoms with Gasteiger partial charge in [0.15, 0.2) is 5.76 Å². The van der Waals surface area contributed by atoms with E-state index in [1.165, 1.54) is 26.4 Å². The molecule has 2 amide bonds. The number of hydrazone groups is 1. The van der Waals surface area contributed by atoms with Crippen LogP contribution in [0.15, 0.2) is 52.0 Å². The number of furan rings is 1. The van der Waals surface area contributed by atoms with Gasteiger partial charge in [-0.2, -0.15) is 5.10 Å². The van der Waals surface area contributed by atoms with Crippen LogP contribution < -0.4 is 20.2 Å². The van der Waals surface area contributed by atoms with Gasteiger partial charge < -0.3 is 24.3 Å². The van der Waals surface area contributed by atoms with Crippen molar-refractivity contribution in [1.82, 2.24) is 5.43 Å². The Morgan fingerprint density at radius 3 is 2.59 bits per heavy atom. The number of anilines is 1. The second-order valence-corrected chi connectivity index (χ2v) is 7.74. The Bertz CT molecular complexity index is 1280. The van der Waals surface area contributed by atoms with Crippen molar-refractivity contribution >= 4 is 23.2 Å². The highest BCUT2D eigenvalue weighted by molar-refractivity contribution is 6.10. The number of hydrogen-bond donors (Lipinski definition) is 3. The fraction of sp³-hybridized carbons (Fsp3) is 0.240. The number of amides is 2. The number of phenols is 1. The van der Waals surface area contributed by atoms with Gasteiger partial charge in [0.1, 0.15) is 23.0 Å². The molecule has 1 heterocycles. The van der Waals surface area contributed by atoms with Crippen molar-refractivity contribution in [2.75, 3.05) is 19.5 Å². The topological polar surface area (TPSA) is 122 Å². The maximum absolute atomic E-state index is 13.1. The predicted molar refractivity (Wildman–Crippen MR) is 126 cm³/mol. The van der Waals surface area contributed by atoms with Crippen LogP contribution in [0.5, 0.6) is 17.2 Å². The first kappa shape index (κ1) is 22.9. The van der Waals surface area contributed by atoms with Crippen molar-refractivity contribution in [1.29, 1.82) is 0 Å². The molecule has 9 heteroatoms. The number of para-hydroxylation sites is 1. The smallest absolute Gasteiger partial charge is 0.291 e. The molecule has 1 aromatic heterocycles. The molecule has 0 bridgehead atoms. The van der Waals surface area contributed by atoms with Crippen molar-refractivity contribution in [3.05, 3.63) is 70.7 Å². The summed E-state index contributed by atoms with van der Waals surface area (Å²) in [6.07, 6.45) is 2.02. The van der Waals surface area contributed by atoms with E-state index in [4.69, 9.17) is 13.9 Å². The molecule has 2 aromatic carbocycles. The zero-order valence-electron chi connectivity index (χ0n) is 19.1. The Labute approximate surface area is 196 Å². The number of methoxy groups -OCH3 is 2. The first-order valence-corrected chi connectivity index (χ1v) is 10.7. The molecule has 0 saturated carbocycles. The third-order valence-electron chi connectivity index (χ3n) is 5.63. The molecule has 0 fully saturated rings. The molecule has 0 radical (unpaired) electrons. The number of nitrogens with one attached hydrogen (secondary N) is 2. The Hall–Kier alpha value is -4.27. The van der Waals surface area contributed by atoms with Gasteiger partial charge in [-0.15, -0.1) is 0 Å². The molecule has 3 aromatic rings. The normalized spacial score (nSPS) is 13.8. The molecule has 0 unspecified atom stereocenters. The van der Waals surface area contributed by atoms with Crippen LogP contribution in [0.2, 0.25) is 0 Å². The number of aromatic hydroxyl groups is 1. The number of carbonyl (C=O) groups excluding carboxylic acids is 2. The van der Waals surface area contributed by atoms with Gasteiger partial charge in [0, 0.05) is 23.6 Å². The largest absolute Gasteiger partial charge is 0.507 e. The Kier molecular flexibility index (Phi) is 6.53. The number of benzene rings is 2. The first-order valence-electron chi connectivity index (χ1n) is 10.7. The fourth-order valence-electron chi connectivity index (χ4n) is 3.93. The lowest BCUT2D eigenvalue weighted by Gasteiger charge is -2.13. The minimum absolute atomic E-state index is 0.124. The van der Waals surface area contributed by atoms with Gasteiger partial charge >= 0.3 is 0 Å². The van der Waals surface area contributed by atoms with E-state index in [0.717, 1.165) is 6.42 Å². The van der Waals surface area contributed by atoms with E-state index in [0.29, 0.717) is 52.6 Å². The standard InChI is InChI=1S/C25H25N3O6/c1-14-22-17(27-28-24(30)16-7-4-5-9-19(16)29)8-6-10-21(22)34-23(14)25(31)26-18-13-15(32-2)11-12-20(18)33-3/h4-5,7,9,11-13,29H,6,8,10H2,1-3H3,(H,26,31)(H,28,30)/b27-17+. The lowest BCUT2D eigenvalue weighted by Crippen LogP contribution is -2.22. The summed E-state index contributed by atoms with van der Waals surface area (Å²) in [5, 5.41) is 17.0. The van der Waals surface area contributed by atoms with E-state index >= 15 is 0 Å². The SMILES string of the molecule is COc1ccc(OC)c(NC(=O)c2oc3c(c2C)/C(=N/NC(=O)c2ccccc2O)CCC3)c1. The van der Waals surface area contributed by atoms with Gasteiger partial charge in [-0.3, -0.25) is 9.59 Å². The zero-order chi connectivity index (χ0) is 24.2. The summed E-state index contributed by atoms with van der Waals surface area (Å²) in [7, 11) is 3.05. The number of nitrogens with zero attached hydrogens (tertiary/aromatic N) is 1. The van der Waals surface area contributed by atoms with Crippen LogP contribution in [-0.2, 0) is 6.42 Å². The highest BCUT2D eigenvalue weighted by atomic mass is 16.5. The summed E-state index contributed by atoms with van der Waals surface area (Å²) in [6, 6.07) is 11.3. The van der Waals surface area contributed by atoms with E-state index in [-0.39, 0.29) is 17.1 Å². The molecule has 0 saturated heterocycles. The van der Waals surface area contributed by atoms with Gasteiger partial charge in [0.2, 0.25) is 0 Å². The number of hydrogen-bond acceptors (Lipinski definition) is 7. The molecule has 1 aliphatic rings. The third kappa shape index (κ3) is 4.45. The number of aryl methyl sites for hydroxylation is 1. The number of phenolic OH excluding ortho intramolecular Hbond substituents is 1. The number of ether oxygens (including phenoxy) is 2. The minimum atomic E-state index is -0.526. The summed E-state index contributed by atoms with van der Waals surface area (Å²) in [5.74, 6) is 0.769. The summed E-state index contributed by atoms with van der Waals surface area (Å²) >= 11 is 0. The van der Waals surface area contributed by atoms with Crippen molar-refractivity contribution in [3.63, 3.8) is 0 Å². The maximum atomic E-state index is 13.1. The average molecular weight is 463 g/mol. The van der Waals surface area contributed by atoms with Crippen LogP contribution in [0.3, 0.4) is 0 Å². The fourth-order valence-corrected chi connectivity index (χ4v) is 3.93. The Morgan fingerprint density at radius 2 is 1.85 bits per heavy atom. The number of rotatable bonds is 6. The molecule has 176 valence electrons. The average Bonchev–Trinajstić information content (AvgIpc) is 3.20. The highest BCUT2D eigenvalue weighted by Crippen LogP contribution is 2.33. The van der Waals surface area contributed by atoms with Crippen molar-refractivity contribution < 1.29 is 28.6 Å². The molecule has 0 aliphatic heterocycles. The van der Waals surface area contributed by atoms with Crippen LogP contribution in [0.25, 0.3) is 0 Å². The highest BCUT2D eigenvalue weighted by Gasteiger charge is 2.28. The van der Waals surface area contributed by atoms with Gasteiger partial charge in [-0.25, -0.2) is 5.43 Å². The summed E-state index contributed by atoms with van der Waals surface area (Å²) < 4.78 is 16.5. The summed E-state index contributed by atoms with van der Waals surface area (Å²) in [4.78, 5) is 25.5. The van der Waals surface area contributed by atoms with Gasteiger partial charge in [0.05, 0.1) is 31.2 Å². The number of fused-ring (bicyclic) bond motifs is 1. The van der Waals surface area contributed by atoms with E-state index in [1.54, 1.807) is 37.3 Å². The lowest BCUT2D eigenvalue weighted by molar-refractivity contribution is 0.0950. The molecular weight excluding hydrogens is 438 g/mol. The molecule has 3 N–H and O–H groups in total. The van der Waals surface area contributed by atoms with Crippen molar-refractivity contribution in [3.8, 4) is 17.2 Å². The second-order valence-electron chi connectivity index (χ2n) is 7.74. The van der Waals surface area contributed by atoms with Crippen LogP contribution in [0, 0.1) is 6.92 Å². The van der Waals surface area contributed by atoms with Gasteiger partial charge in [-0.05, 0) is 44.0 Å². The van der Waals surface area contributed by atoms with E-state index in [9.17, 15) is 14.7 Å². The molecular formula is C25H25N3O6. The molecule has 34 heavy (non-hydrogen) atoms. The van der Waals surface area contributed by atoms with E-state index < -0.39 is 11.8 Å². The zero-order valence-corrected chi connectivity index (χ0v) is 19.1. The molecule has 0 atom stereocenters. The molecule has 1 aliphatic carbocycles. The third-order valence-corrected chi connectivity index (χ3v) is 5.63. The summed E-state index contributed by atoms with van der Waals surface area (Å²) in [5.41, 5.74) is 5.03. The Morgan fingerprint density at radius 1 is 1.06 bits per heavy atom. The van der Waals surface area contributed by atoms with Gasteiger partial charge in [-0.1, -0.05) is 12.1 Å².